The first-order chi connectivity index (χ1) is 11.9. The summed E-state index contributed by atoms with van der Waals surface area (Å²) in [4.78, 5) is 6.54. The molecule has 2 fully saturated rings. The Bertz CT molecular complexity index is 476. The van der Waals surface area contributed by atoms with E-state index in [0.717, 1.165) is 0 Å². The van der Waals surface area contributed by atoms with E-state index >= 15 is 0 Å². The normalized spacial score (nSPS) is 23.2. The van der Waals surface area contributed by atoms with E-state index in [-0.39, 0.29) is 19.6 Å². The number of piperazine rings is 2. The molecule has 0 saturated carbocycles. The van der Waals surface area contributed by atoms with E-state index in [1.54, 1.807) is 6.92 Å². The highest BCUT2D eigenvalue weighted by molar-refractivity contribution is 7.87. The average Bonchev–Trinajstić information content (AvgIpc) is 2.58. The minimum atomic E-state index is -4.32. The molecular weight excluding hydrogens is 348 g/mol. The zero-order valence-electron chi connectivity index (χ0n) is 15.0. The van der Waals surface area contributed by atoms with Crippen LogP contribution in [0.5, 0.6) is 0 Å². The van der Waals surface area contributed by atoms with Gasteiger partial charge in [-0.05, 0) is 6.42 Å². The van der Waals surface area contributed by atoms with Crippen LogP contribution >= 0.6 is 0 Å². The molecule has 0 atom stereocenters. The fourth-order valence-corrected chi connectivity index (χ4v) is 5.46. The van der Waals surface area contributed by atoms with E-state index in [4.69, 9.17) is 10.2 Å². The van der Waals surface area contributed by atoms with Crippen LogP contribution in [0.3, 0.4) is 0 Å². The minimum absolute atomic E-state index is 0.0873. The van der Waals surface area contributed by atoms with Crippen molar-refractivity contribution in [1.29, 1.82) is 0 Å². The molecule has 2 aliphatic heterocycles. The first kappa shape index (κ1) is 21.0. The number of β-amino-alcohol motifs (C(OH)–C–C–N with tert-alkyl or cyclic N) is 2. The molecular formula is C15H32N4O5S. The summed E-state index contributed by atoms with van der Waals surface area (Å²) in [6.07, 6.45) is 0.284. The Morgan fingerprint density at radius 2 is 1.16 bits per heavy atom. The van der Waals surface area contributed by atoms with Gasteiger partial charge in [-0.1, -0.05) is 6.92 Å². The Balaban J connectivity index is 2.16. The summed E-state index contributed by atoms with van der Waals surface area (Å²) < 4.78 is 35.1. The van der Waals surface area contributed by atoms with Crippen LogP contribution in [0.15, 0.2) is 0 Å². The van der Waals surface area contributed by atoms with Gasteiger partial charge in [-0.2, -0.15) is 8.42 Å². The van der Waals surface area contributed by atoms with Crippen LogP contribution in [0.2, 0.25) is 0 Å². The van der Waals surface area contributed by atoms with E-state index in [0.29, 0.717) is 65.4 Å². The monoisotopic (exact) mass is 380 g/mol. The summed E-state index contributed by atoms with van der Waals surface area (Å²) in [5, 5.41) is 18.1. The summed E-state index contributed by atoms with van der Waals surface area (Å²) in [5.41, 5.74) is 0. The smallest absolute Gasteiger partial charge is 0.298 e. The molecule has 2 saturated heterocycles. The van der Waals surface area contributed by atoms with Gasteiger partial charge in [-0.25, -0.2) is 0 Å². The second-order valence-corrected chi connectivity index (χ2v) is 8.28. The summed E-state index contributed by atoms with van der Waals surface area (Å²) in [6.45, 7) is 7.94. The third kappa shape index (κ3) is 4.51. The lowest BCUT2D eigenvalue weighted by Gasteiger charge is -2.52. The summed E-state index contributed by atoms with van der Waals surface area (Å²) in [5.74, 6) is 0. The van der Waals surface area contributed by atoms with Crippen LogP contribution in [0, 0.1) is 0 Å². The number of nitrogens with zero attached hydrogens (tertiary/aromatic N) is 4. The molecule has 2 rings (SSSR count). The molecule has 0 aromatic carbocycles. The van der Waals surface area contributed by atoms with Gasteiger partial charge in [0.25, 0.3) is 10.1 Å². The average molecular weight is 381 g/mol. The Morgan fingerprint density at radius 1 is 0.800 bits per heavy atom. The van der Waals surface area contributed by atoms with Crippen LogP contribution in [-0.4, -0.2) is 126 Å². The summed E-state index contributed by atoms with van der Waals surface area (Å²) >= 11 is 0. The fraction of sp³-hybridized carbons (Fsp3) is 1.00. The van der Waals surface area contributed by atoms with Crippen molar-refractivity contribution in [2.24, 2.45) is 0 Å². The van der Waals surface area contributed by atoms with E-state index in [1.807, 2.05) is 9.80 Å². The predicted molar refractivity (Wildman–Crippen MR) is 94.8 cm³/mol. The maximum Gasteiger partial charge on any atom is 0.298 e. The van der Waals surface area contributed by atoms with Crippen LogP contribution < -0.4 is 0 Å². The largest absolute Gasteiger partial charge is 0.395 e. The maximum atomic E-state index is 12.5. The third-order valence-corrected chi connectivity index (χ3v) is 7.07. The van der Waals surface area contributed by atoms with Crippen LogP contribution in [0.1, 0.15) is 13.3 Å². The third-order valence-electron chi connectivity index (χ3n) is 5.44. The lowest BCUT2D eigenvalue weighted by Crippen LogP contribution is -2.70. The fourth-order valence-electron chi connectivity index (χ4n) is 4.08. The number of aliphatic hydroxyl groups excluding tert-OH is 2. The Kier molecular flexibility index (Phi) is 7.59. The van der Waals surface area contributed by atoms with E-state index in [9.17, 15) is 13.0 Å². The highest BCUT2D eigenvalue weighted by Gasteiger charge is 2.52. The van der Waals surface area contributed by atoms with Gasteiger partial charge in [0.15, 0.2) is 0 Å². The van der Waals surface area contributed by atoms with Crippen molar-refractivity contribution < 1.29 is 23.2 Å². The first-order valence-electron chi connectivity index (χ1n) is 9.02. The van der Waals surface area contributed by atoms with Crippen molar-refractivity contribution >= 4 is 10.1 Å². The van der Waals surface area contributed by atoms with Crippen LogP contribution in [-0.2, 0) is 10.1 Å². The molecule has 0 spiro atoms. The number of hydrogen-bond acceptors (Lipinski definition) is 8. The van der Waals surface area contributed by atoms with Crippen molar-refractivity contribution in [3.8, 4) is 0 Å². The molecule has 0 bridgehead atoms. The van der Waals surface area contributed by atoms with Crippen molar-refractivity contribution in [2.45, 2.75) is 18.3 Å². The molecule has 2 heterocycles. The topological polar surface area (TPSA) is 108 Å². The van der Waals surface area contributed by atoms with Gasteiger partial charge in [0.1, 0.15) is 0 Å². The quantitative estimate of drug-likeness (QED) is 0.419. The first-order valence-corrected chi connectivity index (χ1v) is 10.5. The molecule has 0 aromatic heterocycles. The van der Waals surface area contributed by atoms with Gasteiger partial charge in [0, 0.05) is 65.4 Å². The number of hydrogen-bond donors (Lipinski definition) is 3. The van der Waals surface area contributed by atoms with Gasteiger partial charge in [-0.3, -0.25) is 24.2 Å². The lowest BCUT2D eigenvalue weighted by atomic mass is 10.2. The predicted octanol–water partition coefficient (Wildman–Crippen LogP) is -1.84. The van der Waals surface area contributed by atoms with E-state index in [2.05, 4.69) is 9.80 Å². The van der Waals surface area contributed by atoms with Gasteiger partial charge >= 0.3 is 0 Å². The summed E-state index contributed by atoms with van der Waals surface area (Å²) in [7, 11) is -4.32. The molecule has 2 aliphatic rings. The van der Waals surface area contributed by atoms with Crippen molar-refractivity contribution in [3.05, 3.63) is 0 Å². The molecule has 9 nitrogen and oxygen atoms in total. The highest BCUT2D eigenvalue weighted by Crippen LogP contribution is 2.32. The highest BCUT2D eigenvalue weighted by atomic mass is 32.2. The zero-order valence-corrected chi connectivity index (χ0v) is 15.9. The Morgan fingerprint density at radius 3 is 1.40 bits per heavy atom. The molecule has 0 amide bonds. The van der Waals surface area contributed by atoms with E-state index in [1.165, 1.54) is 0 Å². The molecule has 0 aliphatic carbocycles. The van der Waals surface area contributed by atoms with Crippen molar-refractivity contribution in [1.82, 2.24) is 19.6 Å². The number of aliphatic hydroxyl groups is 2. The molecule has 0 radical (unpaired) electrons. The molecule has 10 heteroatoms. The maximum absolute atomic E-state index is 12.5. The SMILES string of the molecule is CCC(N1CCN(CCO)CC1)(N1CCN(CCO)CC1)S(=O)(=O)O. The summed E-state index contributed by atoms with van der Waals surface area (Å²) in [6, 6.07) is 0. The Hall–Kier alpha value is -0.330. The minimum Gasteiger partial charge on any atom is -0.395 e. The molecule has 0 unspecified atom stereocenters. The molecule has 3 N–H and O–H groups in total. The zero-order chi connectivity index (χ0) is 18.5. The van der Waals surface area contributed by atoms with Gasteiger partial charge in [-0.15, -0.1) is 0 Å². The Labute approximate surface area is 150 Å². The second kappa shape index (κ2) is 9.05. The second-order valence-electron chi connectivity index (χ2n) is 6.68. The molecule has 148 valence electrons. The van der Waals surface area contributed by atoms with Gasteiger partial charge < -0.3 is 10.2 Å². The van der Waals surface area contributed by atoms with Crippen LogP contribution in [0.25, 0.3) is 0 Å². The van der Waals surface area contributed by atoms with Gasteiger partial charge in [0.05, 0.1) is 13.2 Å². The lowest BCUT2D eigenvalue weighted by molar-refractivity contribution is -0.0523. The van der Waals surface area contributed by atoms with Crippen molar-refractivity contribution in [2.75, 3.05) is 78.7 Å². The standard InChI is InChI=1S/C15H32N4O5S/c1-2-15(25(22,23)24,18-7-3-16(4-8-18)11-13-20)19-9-5-17(6-10-19)12-14-21/h20-21H,2-14H2,1H3,(H,22,23,24). The van der Waals surface area contributed by atoms with Crippen molar-refractivity contribution in [3.63, 3.8) is 0 Å². The molecule has 0 aromatic rings. The van der Waals surface area contributed by atoms with Gasteiger partial charge in [0.2, 0.25) is 4.99 Å². The van der Waals surface area contributed by atoms with Crippen LogP contribution in [0.4, 0.5) is 0 Å². The van der Waals surface area contributed by atoms with E-state index < -0.39 is 15.1 Å². The number of rotatable bonds is 8. The molecule has 25 heavy (non-hydrogen) atoms.